The molecule has 6 nitrogen and oxygen atoms in total. The predicted octanol–water partition coefficient (Wildman–Crippen LogP) is 3.63. The zero-order valence-corrected chi connectivity index (χ0v) is 18.9. The number of nitrogens with zero attached hydrogens (tertiary/aromatic N) is 4. The molecule has 1 fully saturated rings. The molecule has 1 aliphatic rings. The van der Waals surface area contributed by atoms with Gasteiger partial charge in [0.2, 0.25) is 5.91 Å². The second kappa shape index (κ2) is 10.7. The first-order valence-electron chi connectivity index (χ1n) is 11.1. The summed E-state index contributed by atoms with van der Waals surface area (Å²) in [5.74, 6) is 1.15. The Morgan fingerprint density at radius 1 is 1.20 bits per heavy atom. The summed E-state index contributed by atoms with van der Waals surface area (Å²) < 4.78 is 5.35. The average molecular weight is 413 g/mol. The summed E-state index contributed by atoms with van der Waals surface area (Å²) in [5, 5.41) is 3.97. The van der Waals surface area contributed by atoms with E-state index in [1.807, 2.05) is 17.9 Å². The molecular formula is C24H36N4O2. The van der Waals surface area contributed by atoms with Gasteiger partial charge in [-0.1, -0.05) is 41.9 Å². The molecular weight excluding hydrogens is 376 g/mol. The van der Waals surface area contributed by atoms with Gasteiger partial charge >= 0.3 is 0 Å². The van der Waals surface area contributed by atoms with Crippen LogP contribution in [0, 0.1) is 13.8 Å². The van der Waals surface area contributed by atoms with Crippen LogP contribution in [-0.4, -0.2) is 65.0 Å². The Morgan fingerprint density at radius 2 is 1.90 bits per heavy atom. The molecule has 2 heterocycles. The van der Waals surface area contributed by atoms with E-state index in [-0.39, 0.29) is 5.91 Å². The lowest BCUT2D eigenvalue weighted by atomic mass is 10.0. The maximum Gasteiger partial charge on any atom is 0.237 e. The Morgan fingerprint density at radius 3 is 2.50 bits per heavy atom. The monoisotopic (exact) mass is 412 g/mol. The van der Waals surface area contributed by atoms with Gasteiger partial charge < -0.3 is 9.42 Å². The first kappa shape index (κ1) is 22.5. The summed E-state index contributed by atoms with van der Waals surface area (Å²) in [7, 11) is 2.09. The molecule has 0 aliphatic carbocycles. The molecule has 0 saturated carbocycles. The minimum absolute atomic E-state index is 0.222. The Bertz CT molecular complexity index is 794. The lowest BCUT2D eigenvalue weighted by Gasteiger charge is -2.36. The molecule has 164 valence electrons. The molecule has 6 heteroatoms. The van der Waals surface area contributed by atoms with Crippen molar-refractivity contribution < 1.29 is 9.32 Å². The Hall–Kier alpha value is -2.18. The van der Waals surface area contributed by atoms with Crippen LogP contribution in [0.2, 0.25) is 0 Å². The number of amides is 1. The molecule has 1 saturated heterocycles. The van der Waals surface area contributed by atoms with E-state index < -0.39 is 0 Å². The van der Waals surface area contributed by atoms with Crippen molar-refractivity contribution in [3.05, 3.63) is 52.9 Å². The van der Waals surface area contributed by atoms with Crippen LogP contribution in [0.25, 0.3) is 0 Å². The highest BCUT2D eigenvalue weighted by Gasteiger charge is 2.25. The van der Waals surface area contributed by atoms with E-state index in [4.69, 9.17) is 4.52 Å². The maximum absolute atomic E-state index is 13.0. The molecule has 0 unspecified atom stereocenters. The van der Waals surface area contributed by atoms with E-state index in [1.165, 1.54) is 11.1 Å². The fraction of sp³-hybridized carbons (Fsp3) is 0.583. The van der Waals surface area contributed by atoms with Crippen molar-refractivity contribution in [2.75, 3.05) is 33.2 Å². The second-order valence-corrected chi connectivity index (χ2v) is 8.66. The van der Waals surface area contributed by atoms with E-state index in [0.29, 0.717) is 19.1 Å². The number of likely N-dealkylation sites (tertiary alicyclic amines) is 1. The molecule has 0 atom stereocenters. The number of hydrogen-bond acceptors (Lipinski definition) is 5. The lowest BCUT2D eigenvalue weighted by Crippen LogP contribution is -2.47. The third kappa shape index (κ3) is 6.41. The fourth-order valence-corrected chi connectivity index (χ4v) is 4.15. The van der Waals surface area contributed by atoms with Gasteiger partial charge in [0.1, 0.15) is 0 Å². The van der Waals surface area contributed by atoms with E-state index in [0.717, 1.165) is 56.9 Å². The quantitative estimate of drug-likeness (QED) is 0.630. The third-order valence-electron chi connectivity index (χ3n) is 5.96. The van der Waals surface area contributed by atoms with Gasteiger partial charge in [-0.2, -0.15) is 0 Å². The van der Waals surface area contributed by atoms with Gasteiger partial charge in [-0.25, -0.2) is 0 Å². The molecule has 0 spiro atoms. The first-order chi connectivity index (χ1) is 14.4. The molecule has 0 N–H and O–H groups in total. The molecule has 30 heavy (non-hydrogen) atoms. The SMILES string of the molecule is CCCN(Cc1ccc(C)cc1)C(=O)CN(C)C1CCN(Cc2cc(C)no2)CC1. The van der Waals surface area contributed by atoms with E-state index in [2.05, 4.69) is 60.1 Å². The fourth-order valence-electron chi connectivity index (χ4n) is 4.15. The Balaban J connectivity index is 1.48. The Labute approximate surface area is 180 Å². The van der Waals surface area contributed by atoms with Crippen LogP contribution >= 0.6 is 0 Å². The topological polar surface area (TPSA) is 52.8 Å². The summed E-state index contributed by atoms with van der Waals surface area (Å²) in [6.07, 6.45) is 3.12. The lowest BCUT2D eigenvalue weighted by molar-refractivity contribution is -0.133. The second-order valence-electron chi connectivity index (χ2n) is 8.66. The first-order valence-corrected chi connectivity index (χ1v) is 11.1. The van der Waals surface area contributed by atoms with Crippen LogP contribution in [0.5, 0.6) is 0 Å². The molecule has 1 amide bonds. The van der Waals surface area contributed by atoms with Gasteiger partial charge in [-0.3, -0.25) is 14.6 Å². The molecule has 1 aromatic carbocycles. The minimum atomic E-state index is 0.222. The smallest absolute Gasteiger partial charge is 0.237 e. The van der Waals surface area contributed by atoms with Crippen molar-refractivity contribution in [1.29, 1.82) is 0 Å². The zero-order chi connectivity index (χ0) is 21.5. The standard InChI is InChI=1S/C24H36N4O2/c1-5-12-28(16-21-8-6-19(2)7-9-21)24(29)18-26(4)22-10-13-27(14-11-22)17-23-15-20(3)25-30-23/h6-9,15,22H,5,10-14,16-18H2,1-4H3. The zero-order valence-electron chi connectivity index (χ0n) is 18.9. The van der Waals surface area contributed by atoms with Crippen LogP contribution < -0.4 is 0 Å². The van der Waals surface area contributed by atoms with Gasteiger partial charge in [0.15, 0.2) is 5.76 Å². The summed E-state index contributed by atoms with van der Waals surface area (Å²) in [4.78, 5) is 19.7. The number of rotatable bonds is 9. The molecule has 1 aliphatic heterocycles. The molecule has 0 bridgehead atoms. The highest BCUT2D eigenvalue weighted by Crippen LogP contribution is 2.18. The normalized spacial score (nSPS) is 15.6. The summed E-state index contributed by atoms with van der Waals surface area (Å²) in [5.41, 5.74) is 3.37. The van der Waals surface area contributed by atoms with Crippen molar-refractivity contribution in [2.45, 2.75) is 59.2 Å². The van der Waals surface area contributed by atoms with Crippen LogP contribution in [0.4, 0.5) is 0 Å². The van der Waals surface area contributed by atoms with Gasteiger partial charge in [0, 0.05) is 38.3 Å². The van der Waals surface area contributed by atoms with Gasteiger partial charge in [0.05, 0.1) is 18.8 Å². The summed E-state index contributed by atoms with van der Waals surface area (Å²) in [6.45, 7) is 11.0. The number of benzene rings is 1. The summed E-state index contributed by atoms with van der Waals surface area (Å²) in [6, 6.07) is 10.9. The number of likely N-dealkylation sites (N-methyl/N-ethyl adjacent to an activating group) is 1. The number of aryl methyl sites for hydroxylation is 2. The molecule has 2 aromatic rings. The van der Waals surface area contributed by atoms with Crippen LogP contribution in [0.3, 0.4) is 0 Å². The van der Waals surface area contributed by atoms with Crippen molar-refractivity contribution in [2.24, 2.45) is 0 Å². The van der Waals surface area contributed by atoms with Gasteiger partial charge in [-0.15, -0.1) is 0 Å². The van der Waals surface area contributed by atoms with E-state index in [9.17, 15) is 4.79 Å². The highest BCUT2D eigenvalue weighted by atomic mass is 16.5. The number of carbonyl (C=O) groups is 1. The Kier molecular flexibility index (Phi) is 8.05. The van der Waals surface area contributed by atoms with Gasteiger partial charge in [0.25, 0.3) is 0 Å². The van der Waals surface area contributed by atoms with E-state index >= 15 is 0 Å². The minimum Gasteiger partial charge on any atom is -0.360 e. The summed E-state index contributed by atoms with van der Waals surface area (Å²) >= 11 is 0. The third-order valence-corrected chi connectivity index (χ3v) is 5.96. The largest absolute Gasteiger partial charge is 0.360 e. The van der Waals surface area contributed by atoms with Crippen molar-refractivity contribution in [3.63, 3.8) is 0 Å². The number of hydrogen-bond donors (Lipinski definition) is 0. The van der Waals surface area contributed by atoms with Crippen molar-refractivity contribution >= 4 is 5.91 Å². The maximum atomic E-state index is 13.0. The highest BCUT2D eigenvalue weighted by molar-refractivity contribution is 5.78. The van der Waals surface area contributed by atoms with E-state index in [1.54, 1.807) is 0 Å². The predicted molar refractivity (Wildman–Crippen MR) is 119 cm³/mol. The van der Waals surface area contributed by atoms with Crippen molar-refractivity contribution in [3.8, 4) is 0 Å². The molecule has 1 aromatic heterocycles. The van der Waals surface area contributed by atoms with Crippen LogP contribution in [-0.2, 0) is 17.9 Å². The number of aromatic nitrogens is 1. The number of piperidine rings is 1. The molecule has 3 rings (SSSR count). The molecule has 0 radical (unpaired) electrons. The number of carbonyl (C=O) groups excluding carboxylic acids is 1. The van der Waals surface area contributed by atoms with Gasteiger partial charge in [-0.05, 0) is 45.7 Å². The van der Waals surface area contributed by atoms with Crippen LogP contribution in [0.1, 0.15) is 48.8 Å². The average Bonchev–Trinajstić information content (AvgIpc) is 3.14. The van der Waals surface area contributed by atoms with Crippen molar-refractivity contribution in [1.82, 2.24) is 19.9 Å². The van der Waals surface area contributed by atoms with Crippen LogP contribution in [0.15, 0.2) is 34.9 Å².